The molecule has 0 spiro atoms. The van der Waals surface area contributed by atoms with Crippen LogP contribution < -0.4 is 9.47 Å². The molecule has 166 valence electrons. The Bertz CT molecular complexity index is 1090. The molecule has 1 aliphatic heterocycles. The van der Waals surface area contributed by atoms with Crippen molar-refractivity contribution in [3.05, 3.63) is 46.2 Å². The molecule has 0 N–H and O–H groups in total. The number of ether oxygens (including phenoxy) is 2. The van der Waals surface area contributed by atoms with Crippen molar-refractivity contribution >= 4 is 50.3 Å². The fourth-order valence-electron chi connectivity index (χ4n) is 2.78. The number of likely N-dealkylation sites (N-methyl/N-ethyl adjacent to an activating group) is 1. The van der Waals surface area contributed by atoms with Crippen molar-refractivity contribution in [1.82, 2.24) is 4.90 Å². The van der Waals surface area contributed by atoms with E-state index in [1.807, 2.05) is 6.07 Å². The number of hydrogen-bond acceptors (Lipinski definition) is 7. The number of amidine groups is 1. The largest absolute Gasteiger partial charge is 0.493 e. The van der Waals surface area contributed by atoms with Gasteiger partial charge in [-0.1, -0.05) is 25.5 Å². The normalized spacial score (nSPS) is 17.0. The smallest absolute Gasteiger partial charge is 0.294 e. The number of amides is 1. The minimum absolute atomic E-state index is 0.143. The van der Waals surface area contributed by atoms with Gasteiger partial charge >= 0.3 is 0 Å². The quantitative estimate of drug-likeness (QED) is 0.385. The summed E-state index contributed by atoms with van der Waals surface area (Å²) in [5, 5.41) is 1.82. The van der Waals surface area contributed by atoms with Crippen LogP contribution in [0.2, 0.25) is 0 Å². The van der Waals surface area contributed by atoms with Crippen LogP contribution in [0.1, 0.15) is 32.3 Å². The maximum atomic E-state index is 12.8. The third-order valence-electron chi connectivity index (χ3n) is 4.39. The number of nitrogens with zero attached hydrogens (tertiary/aromatic N) is 2. The molecule has 0 atom stereocenters. The Morgan fingerprint density at radius 1 is 1.19 bits per heavy atom. The summed E-state index contributed by atoms with van der Waals surface area (Å²) in [5.74, 6) is 0.931. The molecule has 10 heteroatoms. The van der Waals surface area contributed by atoms with Gasteiger partial charge in [-0.15, -0.1) is 15.7 Å². The number of rotatable bonds is 9. The lowest BCUT2D eigenvalue weighted by molar-refractivity contribution is -0.122. The second-order valence-electron chi connectivity index (χ2n) is 6.55. The maximum absolute atomic E-state index is 12.8. The predicted molar refractivity (Wildman–Crippen MR) is 125 cm³/mol. The van der Waals surface area contributed by atoms with Crippen LogP contribution in [0.3, 0.4) is 0 Å². The standard InChI is InChI=1S/C21H24N2O5S3/c1-4-6-11-28-16-10-9-15(13-17(16)27-3)14-18-20(24)23(5-2)21(30-18)22-31(25,26)19-8-7-12-29-19/h7-10,12-14H,4-6,11H2,1-3H3/b18-14-,22-21-. The van der Waals surface area contributed by atoms with Gasteiger partial charge in [0.15, 0.2) is 16.7 Å². The van der Waals surface area contributed by atoms with E-state index in [-0.39, 0.29) is 15.3 Å². The predicted octanol–water partition coefficient (Wildman–Crippen LogP) is 4.62. The van der Waals surface area contributed by atoms with Gasteiger partial charge in [-0.05, 0) is 60.3 Å². The molecule has 31 heavy (non-hydrogen) atoms. The van der Waals surface area contributed by atoms with Crippen molar-refractivity contribution in [3.8, 4) is 11.5 Å². The number of hydrogen-bond donors (Lipinski definition) is 0. The van der Waals surface area contributed by atoms with Crippen molar-refractivity contribution in [2.75, 3.05) is 20.3 Å². The number of sulfonamides is 1. The Morgan fingerprint density at radius 3 is 2.65 bits per heavy atom. The summed E-state index contributed by atoms with van der Waals surface area (Å²) in [7, 11) is -2.30. The van der Waals surface area contributed by atoms with E-state index in [1.54, 1.807) is 43.7 Å². The van der Waals surface area contributed by atoms with Gasteiger partial charge in [0.2, 0.25) is 0 Å². The summed E-state index contributed by atoms with van der Waals surface area (Å²) < 4.78 is 40.3. The number of methoxy groups -OCH3 is 1. The highest BCUT2D eigenvalue weighted by atomic mass is 32.2. The van der Waals surface area contributed by atoms with Gasteiger partial charge in [0.25, 0.3) is 15.9 Å². The first-order valence-electron chi connectivity index (χ1n) is 9.80. The van der Waals surface area contributed by atoms with Gasteiger partial charge < -0.3 is 9.47 Å². The number of benzene rings is 1. The first kappa shape index (κ1) is 23.4. The van der Waals surface area contributed by atoms with Crippen LogP contribution in [0.5, 0.6) is 11.5 Å². The fourth-order valence-corrected chi connectivity index (χ4v) is 6.00. The molecule has 2 heterocycles. The van der Waals surface area contributed by atoms with E-state index in [2.05, 4.69) is 11.3 Å². The van der Waals surface area contributed by atoms with Gasteiger partial charge in [0, 0.05) is 6.54 Å². The number of carbonyl (C=O) groups is 1. The summed E-state index contributed by atoms with van der Waals surface area (Å²) in [6.45, 7) is 4.79. The Balaban J connectivity index is 1.88. The third kappa shape index (κ3) is 5.50. The molecule has 1 saturated heterocycles. The molecule has 0 radical (unpaired) electrons. The number of thiophene rings is 1. The van der Waals surface area contributed by atoms with E-state index in [4.69, 9.17) is 9.47 Å². The van der Waals surface area contributed by atoms with Crippen LogP contribution >= 0.6 is 23.1 Å². The Labute approximate surface area is 190 Å². The Morgan fingerprint density at radius 2 is 2.00 bits per heavy atom. The molecular weight excluding hydrogens is 456 g/mol. The van der Waals surface area contributed by atoms with Crippen LogP contribution in [-0.2, 0) is 14.8 Å². The molecule has 1 aromatic heterocycles. The molecule has 0 saturated carbocycles. The van der Waals surface area contributed by atoms with Crippen molar-refractivity contribution in [2.24, 2.45) is 4.40 Å². The average molecular weight is 481 g/mol. The first-order valence-corrected chi connectivity index (χ1v) is 12.9. The minimum atomic E-state index is -3.86. The van der Waals surface area contributed by atoms with Gasteiger partial charge in [0.05, 0.1) is 18.6 Å². The van der Waals surface area contributed by atoms with Gasteiger partial charge in [-0.3, -0.25) is 9.69 Å². The third-order valence-corrected chi connectivity index (χ3v) is 8.15. The summed E-state index contributed by atoms with van der Waals surface area (Å²) in [6, 6.07) is 8.57. The van der Waals surface area contributed by atoms with Crippen LogP contribution in [0.4, 0.5) is 0 Å². The van der Waals surface area contributed by atoms with Gasteiger partial charge in [-0.2, -0.15) is 8.42 Å². The summed E-state index contributed by atoms with van der Waals surface area (Å²) >= 11 is 2.14. The number of thioether (sulfide) groups is 1. The monoisotopic (exact) mass is 480 g/mol. The fraction of sp³-hybridized carbons (Fsp3) is 0.333. The zero-order valence-electron chi connectivity index (χ0n) is 17.5. The lowest BCUT2D eigenvalue weighted by Gasteiger charge is -2.12. The van der Waals surface area contributed by atoms with Crippen molar-refractivity contribution in [2.45, 2.75) is 30.9 Å². The van der Waals surface area contributed by atoms with Crippen molar-refractivity contribution in [3.63, 3.8) is 0 Å². The summed E-state index contributed by atoms with van der Waals surface area (Å²) in [5.41, 5.74) is 0.744. The molecule has 1 aromatic carbocycles. The summed E-state index contributed by atoms with van der Waals surface area (Å²) in [4.78, 5) is 14.6. The van der Waals surface area contributed by atoms with E-state index in [1.165, 1.54) is 11.0 Å². The molecule has 3 rings (SSSR count). The Hall–Kier alpha value is -2.30. The molecule has 0 aliphatic carbocycles. The summed E-state index contributed by atoms with van der Waals surface area (Å²) in [6.07, 6.45) is 3.68. The number of carbonyl (C=O) groups excluding carboxylic acids is 1. The molecule has 1 fully saturated rings. The van der Waals surface area contributed by atoms with Gasteiger partial charge in [-0.25, -0.2) is 0 Å². The minimum Gasteiger partial charge on any atom is -0.493 e. The zero-order valence-corrected chi connectivity index (χ0v) is 20.0. The van der Waals surface area contributed by atoms with E-state index in [0.717, 1.165) is 41.5 Å². The molecule has 2 aromatic rings. The molecular formula is C21H24N2O5S3. The van der Waals surface area contributed by atoms with E-state index in [0.29, 0.717) is 29.6 Å². The SMILES string of the molecule is CCCCOc1ccc(/C=C2\S/C(=N\S(=O)(=O)c3cccs3)N(CC)C2=O)cc1OC. The first-order chi connectivity index (χ1) is 14.9. The van der Waals surface area contributed by atoms with Crippen LogP contribution in [0.25, 0.3) is 6.08 Å². The maximum Gasteiger partial charge on any atom is 0.294 e. The van der Waals surface area contributed by atoms with Gasteiger partial charge in [0.1, 0.15) is 4.21 Å². The number of unbranched alkanes of at least 4 members (excludes halogenated alkanes) is 1. The van der Waals surface area contributed by atoms with Crippen LogP contribution in [0.15, 0.2) is 49.2 Å². The molecule has 1 amide bonds. The van der Waals surface area contributed by atoms with E-state index in [9.17, 15) is 13.2 Å². The lowest BCUT2D eigenvalue weighted by Crippen LogP contribution is -2.29. The highest BCUT2D eigenvalue weighted by molar-refractivity contribution is 8.19. The zero-order chi connectivity index (χ0) is 22.4. The van der Waals surface area contributed by atoms with Crippen LogP contribution in [0, 0.1) is 0 Å². The molecule has 0 bridgehead atoms. The highest BCUT2D eigenvalue weighted by Crippen LogP contribution is 2.35. The topological polar surface area (TPSA) is 85.3 Å². The van der Waals surface area contributed by atoms with E-state index < -0.39 is 10.0 Å². The molecule has 0 unspecified atom stereocenters. The second kappa shape index (κ2) is 10.3. The Kier molecular flexibility index (Phi) is 7.79. The molecule has 1 aliphatic rings. The van der Waals surface area contributed by atoms with Crippen molar-refractivity contribution < 1.29 is 22.7 Å². The van der Waals surface area contributed by atoms with Crippen molar-refractivity contribution in [1.29, 1.82) is 0 Å². The molecule has 7 nitrogen and oxygen atoms in total. The van der Waals surface area contributed by atoms with E-state index >= 15 is 0 Å². The highest BCUT2D eigenvalue weighted by Gasteiger charge is 2.34. The van der Waals surface area contributed by atoms with Crippen LogP contribution in [-0.4, -0.2) is 44.7 Å². The lowest BCUT2D eigenvalue weighted by atomic mass is 10.2. The average Bonchev–Trinajstić information content (AvgIpc) is 3.38. The second-order valence-corrected chi connectivity index (χ2v) is 10.3.